The Hall–Kier alpha value is -1.78. The second-order valence-electron chi connectivity index (χ2n) is 5.18. The highest BCUT2D eigenvalue weighted by atomic mass is 16.5. The Morgan fingerprint density at radius 1 is 1.29 bits per heavy atom. The van der Waals surface area contributed by atoms with Crippen molar-refractivity contribution in [1.29, 1.82) is 0 Å². The van der Waals surface area contributed by atoms with Crippen LogP contribution in [-0.2, 0) is 13.0 Å². The lowest BCUT2D eigenvalue weighted by Gasteiger charge is -2.25. The first-order valence-electron chi connectivity index (χ1n) is 7.29. The number of hydrogen-bond acceptors (Lipinski definition) is 4. The summed E-state index contributed by atoms with van der Waals surface area (Å²) >= 11 is 0. The molecule has 0 fully saturated rings. The van der Waals surface area contributed by atoms with Crippen molar-refractivity contribution < 1.29 is 9.15 Å². The average molecular weight is 288 g/mol. The maximum Gasteiger partial charge on any atom is 0.122 e. The quantitative estimate of drug-likeness (QED) is 0.851. The van der Waals surface area contributed by atoms with Crippen LogP contribution >= 0.6 is 0 Å². The van der Waals surface area contributed by atoms with Gasteiger partial charge in [-0.3, -0.25) is 4.90 Å². The minimum atomic E-state index is 0.0801. The first kappa shape index (κ1) is 15.6. The Labute approximate surface area is 126 Å². The maximum absolute atomic E-state index is 5.94. The van der Waals surface area contributed by atoms with Crippen LogP contribution in [0.4, 0.5) is 0 Å². The van der Waals surface area contributed by atoms with Crippen LogP contribution in [0.15, 0.2) is 40.8 Å². The molecule has 114 valence electrons. The third-order valence-electron chi connectivity index (χ3n) is 3.68. The molecule has 0 amide bonds. The standard InChI is InChI=1S/C17H24N2O2/c1-4-14-8-9-17(21-14)16(11-18)19(2)12-13-6-5-7-15(10-13)20-3/h5-10,16H,4,11-12,18H2,1-3H3. The molecule has 1 aromatic heterocycles. The van der Waals surface area contributed by atoms with Gasteiger partial charge in [0.05, 0.1) is 13.2 Å². The Bertz CT molecular complexity index is 565. The molecular formula is C17H24N2O2. The lowest BCUT2D eigenvalue weighted by molar-refractivity contribution is 0.210. The predicted molar refractivity (Wildman–Crippen MR) is 84.3 cm³/mol. The zero-order valence-corrected chi connectivity index (χ0v) is 13.0. The van der Waals surface area contributed by atoms with Gasteiger partial charge in [0, 0.05) is 19.5 Å². The van der Waals surface area contributed by atoms with E-state index in [1.54, 1.807) is 7.11 Å². The van der Waals surface area contributed by atoms with Gasteiger partial charge >= 0.3 is 0 Å². The molecule has 1 aromatic carbocycles. The molecule has 1 heterocycles. The highest BCUT2D eigenvalue weighted by molar-refractivity contribution is 5.28. The van der Waals surface area contributed by atoms with Crippen LogP contribution in [0.25, 0.3) is 0 Å². The summed E-state index contributed by atoms with van der Waals surface area (Å²) in [6.07, 6.45) is 0.900. The molecule has 0 spiro atoms. The molecule has 1 atom stereocenters. The van der Waals surface area contributed by atoms with Gasteiger partial charge in [-0.05, 0) is 36.9 Å². The number of benzene rings is 1. The summed E-state index contributed by atoms with van der Waals surface area (Å²) in [6.45, 7) is 3.40. The SMILES string of the molecule is CCc1ccc(C(CN)N(C)Cc2cccc(OC)c2)o1. The van der Waals surface area contributed by atoms with Crippen LogP contribution in [0.5, 0.6) is 5.75 Å². The normalized spacial score (nSPS) is 12.6. The predicted octanol–water partition coefficient (Wildman–Crippen LogP) is 2.98. The molecule has 2 aromatic rings. The topological polar surface area (TPSA) is 51.6 Å². The van der Waals surface area contributed by atoms with E-state index in [-0.39, 0.29) is 6.04 Å². The average Bonchev–Trinajstić information content (AvgIpc) is 2.97. The largest absolute Gasteiger partial charge is 0.497 e. The van der Waals surface area contributed by atoms with E-state index in [1.165, 1.54) is 5.56 Å². The van der Waals surface area contributed by atoms with E-state index in [0.29, 0.717) is 6.54 Å². The number of rotatable bonds is 7. The van der Waals surface area contributed by atoms with Crippen molar-refractivity contribution in [3.05, 3.63) is 53.5 Å². The molecule has 0 aliphatic rings. The Balaban J connectivity index is 2.10. The first-order valence-corrected chi connectivity index (χ1v) is 7.29. The van der Waals surface area contributed by atoms with E-state index in [2.05, 4.69) is 24.9 Å². The van der Waals surface area contributed by atoms with Crippen LogP contribution in [0, 0.1) is 0 Å². The van der Waals surface area contributed by atoms with Crippen molar-refractivity contribution >= 4 is 0 Å². The van der Waals surface area contributed by atoms with Gasteiger partial charge < -0.3 is 14.9 Å². The van der Waals surface area contributed by atoms with Gasteiger partial charge in [0.25, 0.3) is 0 Å². The molecule has 4 heteroatoms. The summed E-state index contributed by atoms with van der Waals surface area (Å²) in [5, 5.41) is 0. The maximum atomic E-state index is 5.94. The van der Waals surface area contributed by atoms with E-state index in [0.717, 1.165) is 30.2 Å². The minimum Gasteiger partial charge on any atom is -0.497 e. The molecule has 2 rings (SSSR count). The number of nitrogens with two attached hydrogens (primary N) is 1. The van der Waals surface area contributed by atoms with Crippen LogP contribution in [0.3, 0.4) is 0 Å². The summed E-state index contributed by atoms with van der Waals surface area (Å²) in [7, 11) is 3.74. The van der Waals surface area contributed by atoms with Crippen molar-refractivity contribution in [2.75, 3.05) is 20.7 Å². The van der Waals surface area contributed by atoms with Crippen LogP contribution in [0.1, 0.15) is 30.0 Å². The van der Waals surface area contributed by atoms with Gasteiger partial charge in [-0.2, -0.15) is 0 Å². The monoisotopic (exact) mass is 288 g/mol. The minimum absolute atomic E-state index is 0.0801. The molecule has 0 aliphatic carbocycles. The lowest BCUT2D eigenvalue weighted by atomic mass is 10.1. The van der Waals surface area contributed by atoms with E-state index >= 15 is 0 Å². The summed E-state index contributed by atoms with van der Waals surface area (Å²) in [5.41, 5.74) is 7.13. The molecule has 4 nitrogen and oxygen atoms in total. The number of aryl methyl sites for hydroxylation is 1. The molecule has 2 N–H and O–H groups in total. The highest BCUT2D eigenvalue weighted by Crippen LogP contribution is 2.23. The van der Waals surface area contributed by atoms with Gasteiger partial charge in [-0.25, -0.2) is 0 Å². The molecule has 0 bridgehead atoms. The van der Waals surface area contributed by atoms with Crippen molar-refractivity contribution in [3.8, 4) is 5.75 Å². The number of ether oxygens (including phenoxy) is 1. The van der Waals surface area contributed by atoms with E-state index in [1.807, 2.05) is 30.3 Å². The molecule has 0 saturated heterocycles. The van der Waals surface area contributed by atoms with Gasteiger partial charge in [0.1, 0.15) is 17.3 Å². The molecule has 1 unspecified atom stereocenters. The van der Waals surface area contributed by atoms with Gasteiger partial charge in [0.2, 0.25) is 0 Å². The van der Waals surface area contributed by atoms with E-state index in [4.69, 9.17) is 14.9 Å². The fourth-order valence-electron chi connectivity index (χ4n) is 2.45. The number of hydrogen-bond donors (Lipinski definition) is 1. The van der Waals surface area contributed by atoms with E-state index < -0.39 is 0 Å². The zero-order chi connectivity index (χ0) is 15.2. The van der Waals surface area contributed by atoms with Crippen LogP contribution < -0.4 is 10.5 Å². The molecular weight excluding hydrogens is 264 g/mol. The van der Waals surface area contributed by atoms with Crippen LogP contribution in [0.2, 0.25) is 0 Å². The molecule has 0 aliphatic heterocycles. The lowest BCUT2D eigenvalue weighted by Crippen LogP contribution is -2.29. The summed E-state index contributed by atoms with van der Waals surface area (Å²) in [5.74, 6) is 2.80. The molecule has 21 heavy (non-hydrogen) atoms. The zero-order valence-electron chi connectivity index (χ0n) is 13.0. The van der Waals surface area contributed by atoms with Crippen molar-refractivity contribution in [1.82, 2.24) is 4.90 Å². The van der Waals surface area contributed by atoms with Gasteiger partial charge in [-0.15, -0.1) is 0 Å². The summed E-state index contributed by atoms with van der Waals surface area (Å²) in [6, 6.07) is 12.2. The third-order valence-corrected chi connectivity index (χ3v) is 3.68. The summed E-state index contributed by atoms with van der Waals surface area (Å²) in [4.78, 5) is 2.20. The Morgan fingerprint density at radius 2 is 2.10 bits per heavy atom. The molecule has 0 saturated carbocycles. The Kier molecular flexibility index (Phi) is 5.42. The number of methoxy groups -OCH3 is 1. The van der Waals surface area contributed by atoms with E-state index in [9.17, 15) is 0 Å². The molecule has 0 radical (unpaired) electrons. The van der Waals surface area contributed by atoms with Crippen molar-refractivity contribution in [3.63, 3.8) is 0 Å². The second-order valence-corrected chi connectivity index (χ2v) is 5.18. The van der Waals surface area contributed by atoms with Gasteiger partial charge in [0.15, 0.2) is 0 Å². The highest BCUT2D eigenvalue weighted by Gasteiger charge is 2.19. The van der Waals surface area contributed by atoms with Gasteiger partial charge in [-0.1, -0.05) is 19.1 Å². The summed E-state index contributed by atoms with van der Waals surface area (Å²) < 4.78 is 11.1. The smallest absolute Gasteiger partial charge is 0.122 e. The first-order chi connectivity index (χ1) is 10.2. The fourth-order valence-corrected chi connectivity index (χ4v) is 2.45. The van der Waals surface area contributed by atoms with Crippen molar-refractivity contribution in [2.24, 2.45) is 5.73 Å². The third kappa shape index (κ3) is 3.86. The second kappa shape index (κ2) is 7.29. The number of likely N-dealkylation sites (N-methyl/N-ethyl adjacent to an activating group) is 1. The fraction of sp³-hybridized carbons (Fsp3) is 0.412. The van der Waals surface area contributed by atoms with Crippen molar-refractivity contribution in [2.45, 2.75) is 25.9 Å². The Morgan fingerprint density at radius 3 is 2.71 bits per heavy atom. The number of nitrogens with zero attached hydrogens (tertiary/aromatic N) is 1. The van der Waals surface area contributed by atoms with Crippen LogP contribution in [-0.4, -0.2) is 25.6 Å². The number of furan rings is 1.